The second-order valence-electron chi connectivity index (χ2n) is 12.1. The molecule has 13 nitrogen and oxygen atoms in total. The van der Waals surface area contributed by atoms with Gasteiger partial charge in [0.25, 0.3) is 0 Å². The molecule has 40 heavy (non-hydrogen) atoms. The third-order valence-corrected chi connectivity index (χ3v) is 8.23. The topological polar surface area (TPSA) is 216 Å². The van der Waals surface area contributed by atoms with Crippen molar-refractivity contribution in [2.45, 2.75) is 56.9 Å². The molecule has 13 heteroatoms. The summed E-state index contributed by atoms with van der Waals surface area (Å²) in [6, 6.07) is 0.747. The van der Waals surface area contributed by atoms with E-state index in [0.29, 0.717) is 0 Å². The number of phenolic OH excluding ortho intramolecular Hbond substituents is 1. The summed E-state index contributed by atoms with van der Waals surface area (Å²) in [7, 11) is 2.85. The molecule has 1 aromatic carbocycles. The first-order chi connectivity index (χ1) is 18.4. The zero-order chi connectivity index (χ0) is 30.2. The summed E-state index contributed by atoms with van der Waals surface area (Å²) < 4.78 is 0. The van der Waals surface area contributed by atoms with Crippen molar-refractivity contribution in [2.75, 3.05) is 19.4 Å². The van der Waals surface area contributed by atoms with Gasteiger partial charge in [0.05, 0.1) is 35.2 Å². The third kappa shape index (κ3) is 4.11. The zero-order valence-corrected chi connectivity index (χ0v) is 23.0. The Balaban J connectivity index is 1.85. The van der Waals surface area contributed by atoms with E-state index in [9.17, 15) is 44.1 Å². The van der Waals surface area contributed by atoms with E-state index < -0.39 is 93.7 Å². The number of carbonyl (C=O) groups is 6. The molecule has 0 aliphatic heterocycles. The summed E-state index contributed by atoms with van der Waals surface area (Å²) >= 11 is 0. The van der Waals surface area contributed by atoms with Gasteiger partial charge in [0.15, 0.2) is 34.7 Å². The summed E-state index contributed by atoms with van der Waals surface area (Å²) in [4.78, 5) is 80.2. The molecule has 216 valence electrons. The first-order valence-electron chi connectivity index (χ1n) is 12.8. The number of aromatic hydroxyl groups is 1. The third-order valence-electron chi connectivity index (χ3n) is 8.23. The zero-order valence-electron chi connectivity index (χ0n) is 23.0. The number of primary amides is 1. The molecule has 2 saturated carbocycles. The molecule has 0 heterocycles. The summed E-state index contributed by atoms with van der Waals surface area (Å²) in [5, 5.41) is 39.4. The van der Waals surface area contributed by atoms with Crippen LogP contribution in [0.2, 0.25) is 0 Å². The molecule has 8 unspecified atom stereocenters. The van der Waals surface area contributed by atoms with Gasteiger partial charge in [-0.1, -0.05) is 13.0 Å². The van der Waals surface area contributed by atoms with Crippen LogP contribution < -0.4 is 16.4 Å². The Labute approximate surface area is 230 Å². The first-order valence-corrected chi connectivity index (χ1v) is 12.8. The maximum atomic E-state index is 14.0. The van der Waals surface area contributed by atoms with Crippen LogP contribution in [0.1, 0.15) is 49.5 Å². The number of aliphatic hydroxyl groups excluding tert-OH is 1. The van der Waals surface area contributed by atoms with E-state index in [1.165, 1.54) is 31.1 Å². The number of anilines is 1. The van der Waals surface area contributed by atoms with Crippen molar-refractivity contribution < 1.29 is 44.1 Å². The van der Waals surface area contributed by atoms with Crippen molar-refractivity contribution in [3.8, 4) is 5.75 Å². The van der Waals surface area contributed by atoms with Crippen LogP contribution in [0.4, 0.5) is 10.5 Å². The van der Waals surface area contributed by atoms with E-state index in [0.717, 1.165) is 0 Å². The van der Waals surface area contributed by atoms with Crippen LogP contribution in [0.5, 0.6) is 5.75 Å². The largest absolute Gasteiger partial charge is 0.505 e. The van der Waals surface area contributed by atoms with Crippen molar-refractivity contribution in [1.82, 2.24) is 10.2 Å². The molecule has 2 fully saturated rings. The highest BCUT2D eigenvalue weighted by molar-refractivity contribution is 6.32. The summed E-state index contributed by atoms with van der Waals surface area (Å²) in [6.45, 7) is 6.83. The molecule has 8 atom stereocenters. The van der Waals surface area contributed by atoms with Crippen LogP contribution in [-0.4, -0.2) is 92.7 Å². The van der Waals surface area contributed by atoms with Gasteiger partial charge in [0.1, 0.15) is 5.75 Å². The highest BCUT2D eigenvalue weighted by Crippen LogP contribution is 2.55. The molecule has 1 aromatic rings. The fraction of sp³-hybridized carbons (Fsp3) is 0.556. The molecule has 0 saturated heterocycles. The average molecular weight is 559 g/mol. The number of phenols is 1. The maximum Gasteiger partial charge on any atom is 0.319 e. The van der Waals surface area contributed by atoms with Crippen LogP contribution in [-0.2, 0) is 19.2 Å². The Kier molecular flexibility index (Phi) is 6.93. The molecule has 3 aliphatic carbocycles. The average Bonchev–Trinajstić information content (AvgIpc) is 2.81. The second-order valence-corrected chi connectivity index (χ2v) is 12.1. The number of likely N-dealkylation sites (N-methyl/N-ethyl adjacent to an activating group) is 1. The summed E-state index contributed by atoms with van der Waals surface area (Å²) in [6.07, 6.45) is -1.72. The van der Waals surface area contributed by atoms with Crippen molar-refractivity contribution in [2.24, 2.45) is 29.4 Å². The lowest BCUT2D eigenvalue weighted by Crippen LogP contribution is -2.77. The smallest absolute Gasteiger partial charge is 0.319 e. The van der Waals surface area contributed by atoms with Gasteiger partial charge >= 0.3 is 6.03 Å². The van der Waals surface area contributed by atoms with Gasteiger partial charge < -0.3 is 31.7 Å². The van der Waals surface area contributed by atoms with Crippen molar-refractivity contribution in [1.29, 1.82) is 0 Å². The van der Waals surface area contributed by atoms with Crippen LogP contribution in [0.3, 0.4) is 0 Å². The lowest BCUT2D eigenvalue weighted by molar-refractivity contribution is -0.196. The van der Waals surface area contributed by atoms with E-state index in [-0.39, 0.29) is 16.8 Å². The number of aliphatic hydroxyl groups is 2. The number of carbonyl (C=O) groups excluding carboxylic acids is 6. The van der Waals surface area contributed by atoms with Crippen LogP contribution in [0.25, 0.3) is 0 Å². The minimum Gasteiger partial charge on any atom is -0.505 e. The Morgan fingerprint density at radius 1 is 1.07 bits per heavy atom. The van der Waals surface area contributed by atoms with Gasteiger partial charge in [-0.05, 0) is 52.4 Å². The maximum absolute atomic E-state index is 14.0. The number of urea groups is 1. The van der Waals surface area contributed by atoms with Crippen LogP contribution in [0, 0.1) is 23.7 Å². The highest BCUT2D eigenvalue weighted by Gasteiger charge is 2.72. The molecule has 3 aliphatic rings. The number of rotatable bonds is 3. The molecule has 0 aromatic heterocycles. The quantitative estimate of drug-likeness (QED) is 0.203. The van der Waals surface area contributed by atoms with E-state index in [1.54, 1.807) is 27.7 Å². The predicted octanol–water partition coefficient (Wildman–Crippen LogP) is -0.681. The van der Waals surface area contributed by atoms with E-state index >= 15 is 0 Å². The number of benzene rings is 1. The SMILES string of the molecule is CC1c2ccc(NC(=O)NC(C)(C)C)c(O)c2C(=O)C2C(=O)C3(O)C(=O)C(C(N)=O)C(=O)C(N(C)C)C3C(O)C21. The van der Waals surface area contributed by atoms with Gasteiger partial charge in [0.2, 0.25) is 5.91 Å². The molecule has 7 N–H and O–H groups in total. The van der Waals surface area contributed by atoms with Gasteiger partial charge in [-0.15, -0.1) is 0 Å². The number of nitrogens with zero attached hydrogens (tertiary/aromatic N) is 1. The summed E-state index contributed by atoms with van der Waals surface area (Å²) in [5.74, 6) is -14.3. The Morgan fingerprint density at radius 3 is 2.20 bits per heavy atom. The van der Waals surface area contributed by atoms with Crippen LogP contribution >= 0.6 is 0 Å². The molecule has 0 bridgehead atoms. The standard InChI is InChI=1S/C27H34N4O9/c1-9-10-7-8-11(29-25(39)30-26(2,3)4)18(32)13(10)19(33)14-12(9)20(34)16-17(31(5)6)21(35)15(24(28)38)23(37)27(16,40)22(14)36/h7-9,12,14-17,20,32,34,40H,1-6H3,(H2,28,38)(H2,29,30,39). The van der Waals surface area contributed by atoms with Gasteiger partial charge in [0, 0.05) is 11.5 Å². The lowest BCUT2D eigenvalue weighted by atomic mass is 9.49. The number of hydrogen-bond acceptors (Lipinski definition) is 10. The fourth-order valence-corrected chi connectivity index (χ4v) is 6.58. The molecule has 4 rings (SSSR count). The number of fused-ring (bicyclic) bond motifs is 3. The number of nitrogens with two attached hydrogens (primary N) is 1. The van der Waals surface area contributed by atoms with Crippen molar-refractivity contribution in [3.05, 3.63) is 23.3 Å². The normalized spacial score (nSPS) is 33.7. The van der Waals surface area contributed by atoms with E-state index in [1.807, 2.05) is 0 Å². The molecule has 0 radical (unpaired) electrons. The molecular weight excluding hydrogens is 524 g/mol. The number of hydrogen-bond donors (Lipinski definition) is 6. The molecular formula is C27H34N4O9. The van der Waals surface area contributed by atoms with Crippen molar-refractivity contribution >= 4 is 40.8 Å². The Hall–Kier alpha value is -3.68. The van der Waals surface area contributed by atoms with Gasteiger partial charge in [-0.3, -0.25) is 28.9 Å². The summed E-state index contributed by atoms with van der Waals surface area (Å²) in [5.41, 5.74) is 1.46. The van der Waals surface area contributed by atoms with Crippen molar-refractivity contribution in [3.63, 3.8) is 0 Å². The van der Waals surface area contributed by atoms with Gasteiger partial charge in [-0.2, -0.15) is 0 Å². The first kappa shape index (κ1) is 29.3. The van der Waals surface area contributed by atoms with E-state index in [4.69, 9.17) is 5.73 Å². The Bertz CT molecular complexity index is 1350. The minimum absolute atomic E-state index is 0.124. The molecule has 0 spiro atoms. The monoisotopic (exact) mass is 558 g/mol. The predicted molar refractivity (Wildman–Crippen MR) is 139 cm³/mol. The molecule has 3 amide bonds. The number of nitrogens with one attached hydrogen (secondary N) is 2. The number of amides is 3. The fourth-order valence-electron chi connectivity index (χ4n) is 6.58. The second kappa shape index (κ2) is 9.46. The minimum atomic E-state index is -3.08. The number of Topliss-reactive ketones (excluding diaryl/α,β-unsaturated/α-hetero) is 4. The van der Waals surface area contributed by atoms with Crippen LogP contribution in [0.15, 0.2) is 12.1 Å². The Morgan fingerprint density at radius 2 is 1.68 bits per heavy atom. The van der Waals surface area contributed by atoms with E-state index in [2.05, 4.69) is 10.6 Å². The lowest BCUT2D eigenvalue weighted by Gasteiger charge is -2.56. The van der Waals surface area contributed by atoms with Gasteiger partial charge in [-0.25, -0.2) is 4.79 Å². The number of ketones is 4. The highest BCUT2D eigenvalue weighted by atomic mass is 16.3.